The molecular weight excluding hydrogens is 234 g/mol. The Kier molecular flexibility index (Phi) is 5.30. The highest BCUT2D eigenvalue weighted by atomic mass is 16.6. The molecule has 0 heterocycles. The summed E-state index contributed by atoms with van der Waals surface area (Å²) in [4.78, 5) is 21.7. The minimum Gasteiger partial charge on any atom is -0.496 e. The molecule has 0 aromatic heterocycles. The van der Waals surface area contributed by atoms with Crippen molar-refractivity contribution in [3.63, 3.8) is 0 Å². The molecule has 0 radical (unpaired) electrons. The summed E-state index contributed by atoms with van der Waals surface area (Å²) < 4.78 is 5.01. The largest absolute Gasteiger partial charge is 0.496 e. The fourth-order valence-corrected chi connectivity index (χ4v) is 1.70. The number of carbonyl (C=O) groups excluding carboxylic acids is 1. The molecule has 1 aromatic carbocycles. The van der Waals surface area contributed by atoms with Gasteiger partial charge in [-0.25, -0.2) is 0 Å². The number of aryl methyl sites for hydroxylation is 1. The normalized spacial score (nSPS) is 10.1. The Labute approximate surface area is 106 Å². The average Bonchev–Trinajstić information content (AvgIpc) is 2.36. The number of nitro groups is 1. The molecule has 18 heavy (non-hydrogen) atoms. The molecule has 0 fully saturated rings. The summed E-state index contributed by atoms with van der Waals surface area (Å²) in [6.45, 7) is 1.95. The Morgan fingerprint density at radius 3 is 2.61 bits per heavy atom. The van der Waals surface area contributed by atoms with Gasteiger partial charge >= 0.3 is 0 Å². The first-order valence-electron chi connectivity index (χ1n) is 5.91. The van der Waals surface area contributed by atoms with Crippen molar-refractivity contribution in [2.45, 2.75) is 32.6 Å². The Bertz CT molecular complexity index is 443. The number of nitrogens with zero attached hydrogens (tertiary/aromatic N) is 1. The van der Waals surface area contributed by atoms with Crippen LogP contribution in [0.3, 0.4) is 0 Å². The monoisotopic (exact) mass is 251 g/mol. The van der Waals surface area contributed by atoms with Crippen molar-refractivity contribution >= 4 is 11.5 Å². The van der Waals surface area contributed by atoms with Crippen molar-refractivity contribution in [1.29, 1.82) is 0 Å². The van der Waals surface area contributed by atoms with Crippen LogP contribution in [-0.2, 0) is 11.2 Å². The predicted octanol–water partition coefficient (Wildman–Crippen LogP) is 2.91. The average molecular weight is 251 g/mol. The highest BCUT2D eigenvalue weighted by Crippen LogP contribution is 2.23. The molecule has 98 valence electrons. The maximum atomic E-state index is 11.4. The first-order valence-corrected chi connectivity index (χ1v) is 5.91. The van der Waals surface area contributed by atoms with E-state index in [1.807, 2.05) is 6.92 Å². The summed E-state index contributed by atoms with van der Waals surface area (Å²) in [6, 6.07) is 4.59. The molecule has 0 aliphatic carbocycles. The van der Waals surface area contributed by atoms with Crippen LogP contribution in [0.5, 0.6) is 5.75 Å². The Hall–Kier alpha value is -1.91. The number of rotatable bonds is 7. The fraction of sp³-hybridized carbons (Fsp3) is 0.462. The second-order valence-electron chi connectivity index (χ2n) is 4.09. The van der Waals surface area contributed by atoms with Gasteiger partial charge in [0.15, 0.2) is 0 Å². The predicted molar refractivity (Wildman–Crippen MR) is 67.9 cm³/mol. The molecule has 0 amide bonds. The van der Waals surface area contributed by atoms with Crippen LogP contribution >= 0.6 is 0 Å². The SMILES string of the molecule is CCCC(=O)CCc1cc(OC)cc([N+](=O)[O-])c1. The summed E-state index contributed by atoms with van der Waals surface area (Å²) in [5.41, 5.74) is 0.748. The van der Waals surface area contributed by atoms with Crippen LogP contribution in [0.25, 0.3) is 0 Å². The van der Waals surface area contributed by atoms with E-state index in [-0.39, 0.29) is 11.5 Å². The maximum absolute atomic E-state index is 11.4. The highest BCUT2D eigenvalue weighted by molar-refractivity contribution is 5.78. The number of ether oxygens (including phenoxy) is 1. The number of hydrogen-bond acceptors (Lipinski definition) is 4. The highest BCUT2D eigenvalue weighted by Gasteiger charge is 2.11. The number of Topliss-reactive ketones (excluding diaryl/α,β-unsaturated/α-hetero) is 1. The minimum atomic E-state index is -0.458. The topological polar surface area (TPSA) is 69.4 Å². The lowest BCUT2D eigenvalue weighted by molar-refractivity contribution is -0.385. The number of hydrogen-bond donors (Lipinski definition) is 0. The smallest absolute Gasteiger partial charge is 0.273 e. The van der Waals surface area contributed by atoms with Crippen LogP contribution in [0.4, 0.5) is 5.69 Å². The number of nitro benzene ring substituents is 1. The molecule has 0 atom stereocenters. The fourth-order valence-electron chi connectivity index (χ4n) is 1.70. The van der Waals surface area contributed by atoms with Gasteiger partial charge in [-0.2, -0.15) is 0 Å². The van der Waals surface area contributed by atoms with E-state index in [1.165, 1.54) is 19.2 Å². The molecule has 0 bridgehead atoms. The summed E-state index contributed by atoms with van der Waals surface area (Å²) in [5, 5.41) is 10.7. The third kappa shape index (κ3) is 4.16. The van der Waals surface area contributed by atoms with Gasteiger partial charge in [0.2, 0.25) is 0 Å². The van der Waals surface area contributed by atoms with E-state index < -0.39 is 4.92 Å². The summed E-state index contributed by atoms with van der Waals surface area (Å²) in [7, 11) is 1.46. The number of carbonyl (C=O) groups is 1. The van der Waals surface area contributed by atoms with Gasteiger partial charge in [0.1, 0.15) is 11.5 Å². The quantitative estimate of drug-likeness (QED) is 0.552. The first-order chi connectivity index (χ1) is 8.56. The van der Waals surface area contributed by atoms with Crippen molar-refractivity contribution in [2.24, 2.45) is 0 Å². The maximum Gasteiger partial charge on any atom is 0.273 e. The van der Waals surface area contributed by atoms with Crippen molar-refractivity contribution in [2.75, 3.05) is 7.11 Å². The van der Waals surface area contributed by atoms with Gasteiger partial charge in [-0.15, -0.1) is 0 Å². The van der Waals surface area contributed by atoms with E-state index in [1.54, 1.807) is 6.07 Å². The second kappa shape index (κ2) is 6.74. The van der Waals surface area contributed by atoms with E-state index >= 15 is 0 Å². The molecular formula is C13H17NO4. The lowest BCUT2D eigenvalue weighted by Gasteiger charge is -2.04. The molecule has 5 nitrogen and oxygen atoms in total. The Morgan fingerprint density at radius 2 is 2.06 bits per heavy atom. The summed E-state index contributed by atoms with van der Waals surface area (Å²) in [5.74, 6) is 0.630. The number of benzene rings is 1. The third-order valence-corrected chi connectivity index (χ3v) is 2.62. The molecule has 1 rings (SSSR count). The van der Waals surface area contributed by atoms with Crippen LogP contribution in [-0.4, -0.2) is 17.8 Å². The van der Waals surface area contributed by atoms with E-state index in [0.717, 1.165) is 12.0 Å². The van der Waals surface area contributed by atoms with Crippen LogP contribution < -0.4 is 4.74 Å². The van der Waals surface area contributed by atoms with Crippen molar-refractivity contribution in [1.82, 2.24) is 0 Å². The van der Waals surface area contributed by atoms with Gasteiger partial charge in [0, 0.05) is 18.9 Å². The van der Waals surface area contributed by atoms with Gasteiger partial charge in [0.05, 0.1) is 18.1 Å². The molecule has 1 aromatic rings. The zero-order chi connectivity index (χ0) is 13.5. The summed E-state index contributed by atoms with van der Waals surface area (Å²) >= 11 is 0. The second-order valence-corrected chi connectivity index (χ2v) is 4.09. The van der Waals surface area contributed by atoms with Gasteiger partial charge in [-0.05, 0) is 24.5 Å². The van der Waals surface area contributed by atoms with Crippen LogP contribution in [0, 0.1) is 10.1 Å². The third-order valence-electron chi connectivity index (χ3n) is 2.62. The van der Waals surface area contributed by atoms with Crippen LogP contribution in [0.15, 0.2) is 18.2 Å². The minimum absolute atomic E-state index is 0.00714. The molecule has 0 aliphatic heterocycles. The molecule has 0 unspecified atom stereocenters. The molecule has 5 heteroatoms. The number of non-ortho nitro benzene ring substituents is 1. The zero-order valence-electron chi connectivity index (χ0n) is 10.6. The summed E-state index contributed by atoms with van der Waals surface area (Å²) in [6.07, 6.45) is 2.32. The Balaban J connectivity index is 2.78. The molecule has 0 spiro atoms. The standard InChI is InChI=1S/C13H17NO4/c1-3-4-12(15)6-5-10-7-11(14(16)17)9-13(8-10)18-2/h7-9H,3-6H2,1-2H3. The van der Waals surface area contributed by atoms with E-state index in [2.05, 4.69) is 0 Å². The van der Waals surface area contributed by atoms with Crippen molar-refractivity contribution < 1.29 is 14.5 Å². The Morgan fingerprint density at radius 1 is 1.33 bits per heavy atom. The molecule has 0 aliphatic rings. The molecule has 0 saturated carbocycles. The van der Waals surface area contributed by atoms with Gasteiger partial charge < -0.3 is 4.74 Å². The first kappa shape index (κ1) is 14.2. The van der Waals surface area contributed by atoms with Crippen LogP contribution in [0.1, 0.15) is 31.7 Å². The molecule has 0 N–H and O–H groups in total. The van der Waals surface area contributed by atoms with Crippen molar-refractivity contribution in [3.8, 4) is 5.75 Å². The zero-order valence-corrected chi connectivity index (χ0v) is 10.6. The van der Waals surface area contributed by atoms with Gasteiger partial charge in [-0.1, -0.05) is 6.92 Å². The lowest BCUT2D eigenvalue weighted by atomic mass is 10.0. The number of ketones is 1. The van der Waals surface area contributed by atoms with Gasteiger partial charge in [-0.3, -0.25) is 14.9 Å². The van der Waals surface area contributed by atoms with E-state index in [4.69, 9.17) is 4.74 Å². The lowest BCUT2D eigenvalue weighted by Crippen LogP contribution is -2.00. The van der Waals surface area contributed by atoms with E-state index in [9.17, 15) is 14.9 Å². The molecule has 0 saturated heterocycles. The van der Waals surface area contributed by atoms with Crippen LogP contribution in [0.2, 0.25) is 0 Å². The number of methoxy groups -OCH3 is 1. The van der Waals surface area contributed by atoms with Gasteiger partial charge in [0.25, 0.3) is 5.69 Å². The van der Waals surface area contributed by atoms with Crippen molar-refractivity contribution in [3.05, 3.63) is 33.9 Å². The van der Waals surface area contributed by atoms with E-state index in [0.29, 0.717) is 25.0 Å².